The number of hydrogen-bond donors (Lipinski definition) is 1. The minimum atomic E-state index is -0.734. The van der Waals surface area contributed by atoms with E-state index in [0.29, 0.717) is 25.9 Å². The lowest BCUT2D eigenvalue weighted by atomic mass is 9.58. The van der Waals surface area contributed by atoms with Gasteiger partial charge in [0.15, 0.2) is 0 Å². The predicted octanol–water partition coefficient (Wildman–Crippen LogP) is 3.06. The number of piperidine rings is 1. The van der Waals surface area contributed by atoms with Gasteiger partial charge in [0.1, 0.15) is 6.61 Å². The number of aliphatic carboxylic acids is 1. The van der Waals surface area contributed by atoms with Gasteiger partial charge in [-0.1, -0.05) is 30.3 Å². The normalized spacial score (nSPS) is 33.6. The zero-order chi connectivity index (χ0) is 18.4. The Morgan fingerprint density at radius 1 is 1.23 bits per heavy atom. The molecule has 3 aliphatic heterocycles. The summed E-state index contributed by atoms with van der Waals surface area (Å²) in [4.78, 5) is 25.8. The molecule has 3 saturated heterocycles. The van der Waals surface area contributed by atoms with Crippen LogP contribution >= 0.6 is 0 Å². The number of fused-ring (bicyclic) bond motifs is 1. The van der Waals surface area contributed by atoms with Crippen LogP contribution in [0.2, 0.25) is 0 Å². The molecular weight excluding hydrogens is 334 g/mol. The van der Waals surface area contributed by atoms with E-state index in [0.717, 1.165) is 18.4 Å². The summed E-state index contributed by atoms with van der Waals surface area (Å²) in [6.07, 6.45) is 2.21. The van der Waals surface area contributed by atoms with Crippen molar-refractivity contribution in [3.05, 3.63) is 35.9 Å². The molecule has 1 aromatic carbocycles. The Bertz CT molecular complexity index is 689. The third-order valence-corrected chi connectivity index (χ3v) is 6.19. The number of amides is 1. The fourth-order valence-electron chi connectivity index (χ4n) is 5.00. The zero-order valence-corrected chi connectivity index (χ0v) is 15.0. The highest BCUT2D eigenvalue weighted by Gasteiger charge is 2.71. The summed E-state index contributed by atoms with van der Waals surface area (Å²) in [5, 5.41) is 9.68. The molecule has 26 heavy (non-hydrogen) atoms. The van der Waals surface area contributed by atoms with Gasteiger partial charge >= 0.3 is 12.1 Å². The van der Waals surface area contributed by atoms with Crippen LogP contribution in [0.5, 0.6) is 0 Å². The van der Waals surface area contributed by atoms with Gasteiger partial charge in [0.05, 0.1) is 17.1 Å². The minimum Gasteiger partial charge on any atom is -0.481 e. The fraction of sp³-hybridized carbons (Fsp3) is 0.600. The number of carbonyl (C=O) groups is 2. The second kappa shape index (κ2) is 6.27. The Balaban J connectivity index is 1.30. The van der Waals surface area contributed by atoms with E-state index in [1.165, 1.54) is 0 Å². The maximum Gasteiger partial charge on any atom is 0.410 e. The molecule has 1 atom stereocenters. The van der Waals surface area contributed by atoms with Crippen molar-refractivity contribution in [1.82, 2.24) is 4.90 Å². The number of ether oxygens (including phenoxy) is 2. The quantitative estimate of drug-likeness (QED) is 0.894. The van der Waals surface area contributed by atoms with Crippen molar-refractivity contribution < 1.29 is 24.2 Å². The SMILES string of the molecule is CC12CC(C(=O)O)(C1)C(C1CCN(C(=O)OCc3ccccc3)CC1)O2. The number of rotatable bonds is 4. The summed E-state index contributed by atoms with van der Waals surface area (Å²) in [7, 11) is 0. The first-order chi connectivity index (χ1) is 12.4. The number of benzene rings is 1. The standard InChI is InChI=1S/C20H25NO5/c1-19-12-20(13-19,17(22)23)16(26-19)15-7-9-21(10-8-15)18(24)25-11-14-5-3-2-4-6-14/h2-6,15-16H,7-13H2,1H3,(H,22,23). The van der Waals surface area contributed by atoms with Crippen LogP contribution in [-0.4, -0.2) is 46.9 Å². The molecule has 1 N–H and O–H groups in total. The Morgan fingerprint density at radius 3 is 2.50 bits per heavy atom. The molecule has 0 radical (unpaired) electrons. The number of hydrogen-bond acceptors (Lipinski definition) is 4. The van der Waals surface area contributed by atoms with E-state index < -0.39 is 11.4 Å². The fourth-order valence-corrected chi connectivity index (χ4v) is 5.00. The molecule has 2 bridgehead atoms. The van der Waals surface area contributed by atoms with Crippen LogP contribution in [0.4, 0.5) is 4.79 Å². The van der Waals surface area contributed by atoms with Crippen molar-refractivity contribution in [2.24, 2.45) is 11.3 Å². The third kappa shape index (κ3) is 2.86. The van der Waals surface area contributed by atoms with Gasteiger partial charge in [-0.15, -0.1) is 0 Å². The molecule has 1 saturated carbocycles. The molecule has 1 aromatic rings. The summed E-state index contributed by atoms with van der Waals surface area (Å²) in [5.41, 5.74) is -0.0176. The van der Waals surface area contributed by atoms with E-state index in [1.54, 1.807) is 4.90 Å². The number of carbonyl (C=O) groups excluding carboxylic acids is 1. The predicted molar refractivity (Wildman–Crippen MR) is 93.5 cm³/mol. The number of nitrogens with zero attached hydrogens (tertiary/aromatic N) is 1. The van der Waals surface area contributed by atoms with Gasteiger partial charge in [0.2, 0.25) is 0 Å². The monoisotopic (exact) mass is 359 g/mol. The minimum absolute atomic E-state index is 0.189. The first-order valence-corrected chi connectivity index (χ1v) is 9.29. The molecule has 4 aliphatic rings. The Hall–Kier alpha value is -2.08. The van der Waals surface area contributed by atoms with Crippen molar-refractivity contribution >= 4 is 12.1 Å². The zero-order valence-electron chi connectivity index (χ0n) is 15.0. The first-order valence-electron chi connectivity index (χ1n) is 9.29. The Kier molecular flexibility index (Phi) is 4.18. The van der Waals surface area contributed by atoms with Crippen molar-refractivity contribution in [3.63, 3.8) is 0 Å². The van der Waals surface area contributed by atoms with Crippen LogP contribution in [0, 0.1) is 11.3 Å². The second-order valence-electron chi connectivity index (χ2n) is 8.17. The number of carboxylic acids is 1. The molecule has 0 spiro atoms. The molecule has 1 aliphatic carbocycles. The molecule has 3 heterocycles. The van der Waals surface area contributed by atoms with E-state index in [1.807, 2.05) is 37.3 Å². The van der Waals surface area contributed by atoms with Crippen molar-refractivity contribution in [3.8, 4) is 0 Å². The maximum atomic E-state index is 12.3. The summed E-state index contributed by atoms with van der Waals surface area (Å²) >= 11 is 0. The van der Waals surface area contributed by atoms with E-state index in [-0.39, 0.29) is 30.3 Å². The lowest BCUT2D eigenvalue weighted by molar-refractivity contribution is -0.155. The second-order valence-corrected chi connectivity index (χ2v) is 8.17. The van der Waals surface area contributed by atoms with Crippen LogP contribution < -0.4 is 0 Å². The highest BCUT2D eigenvalue weighted by Crippen LogP contribution is 2.63. The highest BCUT2D eigenvalue weighted by molar-refractivity contribution is 5.78. The van der Waals surface area contributed by atoms with E-state index in [4.69, 9.17) is 9.47 Å². The van der Waals surface area contributed by atoms with Crippen LogP contribution in [0.1, 0.15) is 38.2 Å². The average molecular weight is 359 g/mol. The largest absolute Gasteiger partial charge is 0.481 e. The Morgan fingerprint density at radius 2 is 1.88 bits per heavy atom. The molecule has 1 amide bonds. The molecule has 0 aromatic heterocycles. The maximum absolute atomic E-state index is 12.3. The van der Waals surface area contributed by atoms with Crippen molar-refractivity contribution in [2.75, 3.05) is 13.1 Å². The van der Waals surface area contributed by atoms with Crippen LogP contribution in [0.3, 0.4) is 0 Å². The smallest absolute Gasteiger partial charge is 0.410 e. The molecule has 5 rings (SSSR count). The molecule has 1 unspecified atom stereocenters. The van der Waals surface area contributed by atoms with E-state index in [9.17, 15) is 14.7 Å². The van der Waals surface area contributed by atoms with Gasteiger partial charge in [-0.25, -0.2) is 4.79 Å². The lowest BCUT2D eigenvalue weighted by Gasteiger charge is -2.42. The third-order valence-electron chi connectivity index (χ3n) is 6.19. The topological polar surface area (TPSA) is 76.1 Å². The lowest BCUT2D eigenvalue weighted by Crippen LogP contribution is -2.51. The first kappa shape index (κ1) is 17.3. The van der Waals surface area contributed by atoms with Crippen LogP contribution in [0.15, 0.2) is 30.3 Å². The van der Waals surface area contributed by atoms with Gasteiger partial charge in [-0.2, -0.15) is 0 Å². The number of carboxylic acid groups (broad SMARTS) is 1. The van der Waals surface area contributed by atoms with Gasteiger partial charge in [0.25, 0.3) is 0 Å². The summed E-state index contributed by atoms with van der Waals surface area (Å²) in [6, 6.07) is 9.61. The number of likely N-dealkylation sites (tertiary alicyclic amines) is 1. The van der Waals surface area contributed by atoms with E-state index >= 15 is 0 Å². The van der Waals surface area contributed by atoms with E-state index in [2.05, 4.69) is 0 Å². The summed E-state index contributed by atoms with van der Waals surface area (Å²) in [6.45, 7) is 3.45. The molecule has 4 fully saturated rings. The summed E-state index contributed by atoms with van der Waals surface area (Å²) < 4.78 is 11.5. The average Bonchev–Trinajstić information content (AvgIpc) is 3.10. The van der Waals surface area contributed by atoms with Crippen LogP contribution in [0.25, 0.3) is 0 Å². The van der Waals surface area contributed by atoms with Crippen molar-refractivity contribution in [2.45, 2.75) is 50.9 Å². The Labute approximate surface area is 153 Å². The summed E-state index contributed by atoms with van der Waals surface area (Å²) in [5.74, 6) is -0.546. The van der Waals surface area contributed by atoms with Gasteiger partial charge in [0, 0.05) is 13.1 Å². The van der Waals surface area contributed by atoms with Gasteiger partial charge in [-0.05, 0) is 44.1 Å². The van der Waals surface area contributed by atoms with Crippen LogP contribution in [-0.2, 0) is 20.9 Å². The van der Waals surface area contributed by atoms with Crippen molar-refractivity contribution in [1.29, 1.82) is 0 Å². The molecule has 6 nitrogen and oxygen atoms in total. The van der Waals surface area contributed by atoms with Gasteiger partial charge < -0.3 is 19.5 Å². The van der Waals surface area contributed by atoms with Gasteiger partial charge in [-0.3, -0.25) is 4.79 Å². The molecule has 140 valence electrons. The molecular formula is C20H25NO5. The highest BCUT2D eigenvalue weighted by atomic mass is 16.6. The molecule has 6 heteroatoms.